The molecule has 0 aliphatic rings. The first kappa shape index (κ1) is 41.4. The third-order valence-corrected chi connectivity index (χ3v) is 0. The first-order chi connectivity index (χ1) is 0. The van der Waals surface area contributed by atoms with E-state index in [0.29, 0.717) is 0 Å². The third kappa shape index (κ3) is 19.0. The van der Waals surface area contributed by atoms with Crippen LogP contribution in [0.5, 0.6) is 0 Å². The molecule has 0 unspecified atom stereocenters. The molecule has 0 saturated carbocycles. The molecule has 0 aromatic heterocycles. The molecule has 0 nitrogen and oxygen atoms in total. The average Bonchev–Trinajstić information content (AvgIpc) is 0. The molecule has 2 radical (unpaired) electrons. The van der Waals surface area contributed by atoms with Gasteiger partial charge in [-0.3, -0.25) is 0 Å². The maximum Gasteiger partial charge on any atom is 0.187 e. The summed E-state index contributed by atoms with van der Waals surface area (Å²) < 4.78 is 0. The minimum Gasteiger partial charge on any atom is 0 e. The molecule has 5 heteroatoms. The summed E-state index contributed by atoms with van der Waals surface area (Å²) in [5.41, 5.74) is 0. The summed E-state index contributed by atoms with van der Waals surface area (Å²) in [6.45, 7) is 0. The maximum atomic E-state index is 0. The zero-order valence-corrected chi connectivity index (χ0v) is 8.35. The predicted molar refractivity (Wildman–Crippen MR) is 9.94 cm³/mol. The predicted octanol–water partition coefficient (Wildman–Crippen LogP) is -1.19. The van der Waals surface area contributed by atoms with Gasteiger partial charge in [0.05, 0.1) is 0 Å². The van der Waals surface area contributed by atoms with E-state index in [0.717, 1.165) is 0 Å². The Kier molecular flexibility index (Phi) is 224. The number of hydrogen-bond acceptors (Lipinski definition) is 0. The second-order valence-corrected chi connectivity index (χ2v) is 0. The molecule has 0 aromatic carbocycles. The normalized spacial score (nSPS) is 0. The molecule has 0 aliphatic heterocycles. The van der Waals surface area contributed by atoms with Crippen LogP contribution in [0, 0.1) is 0 Å². The zero-order valence-electron chi connectivity index (χ0n) is 1.51. The molecule has 0 spiro atoms. The molecule has 0 N–H and O–H groups in total. The van der Waals surface area contributed by atoms with Gasteiger partial charge in [0.2, 0.25) is 0 Å². The topological polar surface area (TPSA) is 0 Å². The van der Waals surface area contributed by atoms with E-state index in [9.17, 15) is 0 Å². The molecule has 0 rings (SSSR count). The molecule has 0 saturated heterocycles. The minimum absolute atomic E-state index is 0. The summed E-state index contributed by atoms with van der Waals surface area (Å²) in [7, 11) is 0. The Morgan fingerprint density at radius 2 is 1.00 bits per heavy atom. The Morgan fingerprint density at radius 3 is 1.00 bits per heavy atom. The quantitative estimate of drug-likeness (QED) is 0.422. The monoisotopic (exact) mass is 432 g/mol. The molecule has 0 aromatic rings. The smallest absolute Gasteiger partial charge is 0 e. The zero-order chi connectivity index (χ0) is 0. The SMILES string of the molecule is [AlH3].[Au].[Cr].[Cu].[Zr]. The van der Waals surface area contributed by atoms with Crippen molar-refractivity contribution in [2.24, 2.45) is 0 Å². The Morgan fingerprint density at radius 1 is 1.00 bits per heavy atom. The van der Waals surface area contributed by atoms with Crippen LogP contribution in [0.4, 0.5) is 0 Å². The fourth-order valence-electron chi connectivity index (χ4n) is 0. The van der Waals surface area contributed by atoms with Gasteiger partial charge in [-0.2, -0.15) is 0 Å². The van der Waals surface area contributed by atoms with E-state index in [1.54, 1.807) is 0 Å². The van der Waals surface area contributed by atoms with Crippen molar-refractivity contribution < 1.29 is 83.0 Å². The van der Waals surface area contributed by atoms with Crippen LogP contribution in [0.15, 0.2) is 0 Å². The van der Waals surface area contributed by atoms with Gasteiger partial charge in [-0.05, 0) is 0 Å². The number of hydrogen-bond donors (Lipinski definition) is 0. The van der Waals surface area contributed by atoms with Crippen molar-refractivity contribution >= 4 is 17.4 Å². The van der Waals surface area contributed by atoms with Gasteiger partial charge < -0.3 is 0 Å². The van der Waals surface area contributed by atoms with Gasteiger partial charge in [-0.1, -0.05) is 0 Å². The van der Waals surface area contributed by atoms with Crippen molar-refractivity contribution in [3.05, 3.63) is 0 Å². The van der Waals surface area contributed by atoms with E-state index < -0.39 is 0 Å². The Labute approximate surface area is 98.6 Å². The average molecular weight is 434 g/mol. The molecule has 5 heavy (non-hydrogen) atoms. The summed E-state index contributed by atoms with van der Waals surface area (Å²) in [6, 6.07) is 0. The van der Waals surface area contributed by atoms with E-state index in [1.807, 2.05) is 0 Å². The molecule has 0 fully saturated rings. The van der Waals surface area contributed by atoms with E-state index in [1.165, 1.54) is 0 Å². The molecule has 0 aliphatic carbocycles. The van der Waals surface area contributed by atoms with Crippen LogP contribution in [-0.4, -0.2) is 17.4 Å². The van der Waals surface area contributed by atoms with Crippen molar-refractivity contribution in [1.82, 2.24) is 0 Å². The van der Waals surface area contributed by atoms with Gasteiger partial charge in [0.15, 0.2) is 17.4 Å². The fraction of sp³-hybridized carbons (Fsp3) is 0. The Bertz CT molecular complexity index is 11.6. The summed E-state index contributed by atoms with van der Waals surface area (Å²) in [5.74, 6) is 0. The van der Waals surface area contributed by atoms with Crippen LogP contribution in [0.25, 0.3) is 0 Å². The Balaban J connectivity index is 0. The van der Waals surface area contributed by atoms with Crippen molar-refractivity contribution in [1.29, 1.82) is 0 Å². The van der Waals surface area contributed by atoms with Gasteiger partial charge in [-0.25, -0.2) is 0 Å². The fourth-order valence-corrected chi connectivity index (χ4v) is 0. The second-order valence-electron chi connectivity index (χ2n) is 0. The van der Waals surface area contributed by atoms with Crippen molar-refractivity contribution in [3.63, 3.8) is 0 Å². The number of rotatable bonds is 0. The minimum atomic E-state index is 0. The van der Waals surface area contributed by atoms with Gasteiger partial charge in [-0.15, -0.1) is 0 Å². The second kappa shape index (κ2) is 27.0. The van der Waals surface area contributed by atoms with Crippen LogP contribution in [0.2, 0.25) is 0 Å². The van der Waals surface area contributed by atoms with Crippen molar-refractivity contribution in [2.75, 3.05) is 0 Å². The molecule has 0 heterocycles. The molecular weight excluding hydrogens is 431 g/mol. The molecular formula is H3AlAuCrCuZr. The van der Waals surface area contributed by atoms with Crippen molar-refractivity contribution in [3.8, 4) is 0 Å². The van der Waals surface area contributed by atoms with Crippen LogP contribution in [0.3, 0.4) is 0 Å². The molecule has 0 atom stereocenters. The van der Waals surface area contributed by atoms with Gasteiger partial charge in [0.1, 0.15) is 0 Å². The van der Waals surface area contributed by atoms with Gasteiger partial charge >= 0.3 is 0 Å². The standard InChI is InChI=1S/Al.Au.Cr.Cu.Zr.3H. The van der Waals surface area contributed by atoms with Crippen LogP contribution >= 0.6 is 0 Å². The third-order valence-electron chi connectivity index (χ3n) is 0. The summed E-state index contributed by atoms with van der Waals surface area (Å²) in [5, 5.41) is 0. The van der Waals surface area contributed by atoms with E-state index in [2.05, 4.69) is 0 Å². The maximum absolute atomic E-state index is 0. The van der Waals surface area contributed by atoms with E-state index in [-0.39, 0.29) is 100 Å². The summed E-state index contributed by atoms with van der Waals surface area (Å²) in [4.78, 5) is 0. The first-order valence-corrected chi connectivity index (χ1v) is 0. The summed E-state index contributed by atoms with van der Waals surface area (Å²) in [6.07, 6.45) is 0. The molecule has 38 valence electrons. The molecule has 0 bridgehead atoms. The van der Waals surface area contributed by atoms with Crippen molar-refractivity contribution in [2.45, 2.75) is 0 Å². The van der Waals surface area contributed by atoms with Crippen LogP contribution in [-0.2, 0) is 83.0 Å². The van der Waals surface area contributed by atoms with Gasteiger partial charge in [0.25, 0.3) is 0 Å². The molecule has 0 amide bonds. The Hall–Kier alpha value is 3.21. The largest absolute Gasteiger partial charge is 0.187 e. The summed E-state index contributed by atoms with van der Waals surface area (Å²) >= 11 is 0. The first-order valence-electron chi connectivity index (χ1n) is 0. The van der Waals surface area contributed by atoms with Gasteiger partial charge in [0, 0.05) is 83.0 Å². The van der Waals surface area contributed by atoms with E-state index >= 15 is 0 Å². The van der Waals surface area contributed by atoms with Crippen LogP contribution in [0.1, 0.15) is 0 Å². The van der Waals surface area contributed by atoms with Crippen LogP contribution < -0.4 is 0 Å². The van der Waals surface area contributed by atoms with E-state index in [4.69, 9.17) is 0 Å².